The van der Waals surface area contributed by atoms with Crippen LogP contribution in [-0.2, 0) is 11.8 Å². The molecule has 0 aliphatic carbocycles. The first-order valence-corrected chi connectivity index (χ1v) is 7.55. The lowest BCUT2D eigenvalue weighted by atomic mass is 9.72. The van der Waals surface area contributed by atoms with E-state index in [4.69, 9.17) is 0 Å². The van der Waals surface area contributed by atoms with Gasteiger partial charge in [0.05, 0.1) is 0 Å². The summed E-state index contributed by atoms with van der Waals surface area (Å²) >= 11 is 5.27. The van der Waals surface area contributed by atoms with Gasteiger partial charge in [0, 0.05) is 33.2 Å². The lowest BCUT2D eigenvalue weighted by Gasteiger charge is -2.43. The summed E-state index contributed by atoms with van der Waals surface area (Å²) in [5.41, 5.74) is 1.37. The fourth-order valence-electron chi connectivity index (χ4n) is 2.44. The fraction of sp³-hybridized carbons (Fsp3) is 0.286. The van der Waals surface area contributed by atoms with Gasteiger partial charge in [-0.1, -0.05) is 12.1 Å². The van der Waals surface area contributed by atoms with Crippen LogP contribution in [0, 0.1) is 5.82 Å². The minimum absolute atomic E-state index is 0.137. The van der Waals surface area contributed by atoms with Gasteiger partial charge in [-0.15, -0.1) is 11.3 Å². The van der Waals surface area contributed by atoms with Gasteiger partial charge in [-0.3, -0.25) is 0 Å². The van der Waals surface area contributed by atoms with Gasteiger partial charge in [0.2, 0.25) is 0 Å². The molecule has 1 saturated heterocycles. The van der Waals surface area contributed by atoms with E-state index < -0.39 is 0 Å². The minimum Gasteiger partial charge on any atom is -0.315 e. The molecule has 4 heteroatoms. The van der Waals surface area contributed by atoms with Crippen LogP contribution in [-0.4, -0.2) is 13.1 Å². The maximum Gasteiger partial charge on any atom is 0.123 e. The predicted molar refractivity (Wildman–Crippen MR) is 76.7 cm³/mol. The molecule has 1 aliphatic heterocycles. The number of nitrogens with one attached hydrogen (secondary N) is 1. The summed E-state index contributed by atoms with van der Waals surface area (Å²) < 4.78 is 14.1. The molecule has 3 rings (SSSR count). The summed E-state index contributed by atoms with van der Waals surface area (Å²) in [4.78, 5) is 1.37. The third-order valence-electron chi connectivity index (χ3n) is 3.52. The number of benzene rings is 1. The Morgan fingerprint density at radius 1 is 1.28 bits per heavy atom. The van der Waals surface area contributed by atoms with E-state index in [2.05, 4.69) is 32.7 Å². The Morgan fingerprint density at radius 3 is 2.50 bits per heavy atom. The molecule has 1 nitrogen and oxygen atoms in total. The second-order valence-electron chi connectivity index (χ2n) is 4.80. The fourth-order valence-corrected chi connectivity index (χ4v) is 4.04. The number of halogens is 2. The molecule has 0 atom stereocenters. The van der Waals surface area contributed by atoms with Crippen molar-refractivity contribution in [2.24, 2.45) is 0 Å². The standard InChI is InChI=1S/C14H13BrFNS/c15-11-5-13(18-7-11)6-14(8-17-9-14)10-1-3-12(16)4-2-10/h1-5,7,17H,6,8-9H2. The monoisotopic (exact) mass is 325 g/mol. The van der Waals surface area contributed by atoms with Crippen molar-refractivity contribution in [2.45, 2.75) is 11.8 Å². The number of hydrogen-bond acceptors (Lipinski definition) is 2. The van der Waals surface area contributed by atoms with Crippen molar-refractivity contribution >= 4 is 27.3 Å². The zero-order valence-electron chi connectivity index (χ0n) is 9.75. The first-order valence-electron chi connectivity index (χ1n) is 5.88. The Morgan fingerprint density at radius 2 is 2.00 bits per heavy atom. The number of rotatable bonds is 3. The Hall–Kier alpha value is -0.710. The van der Waals surface area contributed by atoms with Crippen molar-refractivity contribution in [1.82, 2.24) is 5.32 Å². The van der Waals surface area contributed by atoms with E-state index in [1.165, 1.54) is 10.4 Å². The molecule has 1 aromatic carbocycles. The highest BCUT2D eigenvalue weighted by atomic mass is 79.9. The van der Waals surface area contributed by atoms with Gasteiger partial charge in [0.25, 0.3) is 0 Å². The van der Waals surface area contributed by atoms with Gasteiger partial charge in [-0.2, -0.15) is 0 Å². The van der Waals surface area contributed by atoms with E-state index in [-0.39, 0.29) is 11.2 Å². The van der Waals surface area contributed by atoms with Crippen LogP contribution in [0.5, 0.6) is 0 Å². The molecule has 0 bridgehead atoms. The summed E-state index contributed by atoms with van der Waals surface area (Å²) in [6.45, 7) is 1.93. The molecule has 0 amide bonds. The smallest absolute Gasteiger partial charge is 0.123 e. The lowest BCUT2D eigenvalue weighted by molar-refractivity contribution is 0.276. The second kappa shape index (κ2) is 4.76. The van der Waals surface area contributed by atoms with E-state index in [9.17, 15) is 4.39 Å². The van der Waals surface area contributed by atoms with Crippen LogP contribution in [0.25, 0.3) is 0 Å². The molecule has 1 N–H and O–H groups in total. The topological polar surface area (TPSA) is 12.0 Å². The first-order chi connectivity index (χ1) is 8.68. The molecule has 0 unspecified atom stereocenters. The number of thiophene rings is 1. The molecular weight excluding hydrogens is 313 g/mol. The Labute approximate surface area is 118 Å². The molecule has 2 heterocycles. The highest BCUT2D eigenvalue weighted by Gasteiger charge is 2.38. The average molecular weight is 326 g/mol. The third-order valence-corrected chi connectivity index (χ3v) is 5.22. The molecule has 0 spiro atoms. The maximum absolute atomic E-state index is 13.0. The van der Waals surface area contributed by atoms with Crippen LogP contribution in [0.2, 0.25) is 0 Å². The zero-order valence-corrected chi connectivity index (χ0v) is 12.2. The van der Waals surface area contributed by atoms with Crippen LogP contribution in [0.1, 0.15) is 10.4 Å². The van der Waals surface area contributed by atoms with Gasteiger partial charge < -0.3 is 5.32 Å². The summed E-state index contributed by atoms with van der Waals surface area (Å²) in [6.07, 6.45) is 1.02. The maximum atomic E-state index is 13.0. The van der Waals surface area contributed by atoms with E-state index in [0.29, 0.717) is 0 Å². The quantitative estimate of drug-likeness (QED) is 0.906. The summed E-state index contributed by atoms with van der Waals surface area (Å²) in [6, 6.07) is 9.12. The summed E-state index contributed by atoms with van der Waals surface area (Å²) in [5.74, 6) is -0.167. The molecule has 1 aliphatic rings. The zero-order chi connectivity index (χ0) is 12.6. The first kappa shape index (κ1) is 12.3. The predicted octanol–water partition coefficient (Wildman–Crippen LogP) is 3.73. The van der Waals surface area contributed by atoms with Crippen LogP contribution in [0.15, 0.2) is 40.2 Å². The van der Waals surface area contributed by atoms with Gasteiger partial charge in [0.15, 0.2) is 0 Å². The molecular formula is C14H13BrFNS. The van der Waals surface area contributed by atoms with Crippen LogP contribution < -0.4 is 5.32 Å². The van der Waals surface area contributed by atoms with Crippen molar-refractivity contribution in [2.75, 3.05) is 13.1 Å². The van der Waals surface area contributed by atoms with Crippen molar-refractivity contribution in [1.29, 1.82) is 0 Å². The van der Waals surface area contributed by atoms with Gasteiger partial charge in [-0.05, 0) is 46.1 Å². The summed E-state index contributed by atoms with van der Waals surface area (Å²) in [5, 5.41) is 5.45. The van der Waals surface area contributed by atoms with E-state index >= 15 is 0 Å². The van der Waals surface area contributed by atoms with E-state index in [1.807, 2.05) is 12.1 Å². The van der Waals surface area contributed by atoms with E-state index in [1.54, 1.807) is 23.5 Å². The minimum atomic E-state index is -0.167. The second-order valence-corrected chi connectivity index (χ2v) is 6.71. The lowest BCUT2D eigenvalue weighted by Crippen LogP contribution is -2.58. The molecule has 1 fully saturated rings. The van der Waals surface area contributed by atoms with Crippen LogP contribution >= 0.6 is 27.3 Å². The van der Waals surface area contributed by atoms with Crippen molar-refractivity contribution in [3.8, 4) is 0 Å². The molecule has 0 saturated carbocycles. The largest absolute Gasteiger partial charge is 0.315 e. The normalized spacial score (nSPS) is 17.4. The summed E-state index contributed by atoms with van der Waals surface area (Å²) in [7, 11) is 0. The highest BCUT2D eigenvalue weighted by molar-refractivity contribution is 9.10. The SMILES string of the molecule is Fc1ccc(C2(Cc3cc(Br)cs3)CNC2)cc1. The third kappa shape index (κ3) is 2.25. The van der Waals surface area contributed by atoms with Gasteiger partial charge >= 0.3 is 0 Å². The van der Waals surface area contributed by atoms with Crippen molar-refractivity contribution < 1.29 is 4.39 Å². The molecule has 2 aromatic rings. The van der Waals surface area contributed by atoms with Crippen LogP contribution in [0.3, 0.4) is 0 Å². The Balaban J connectivity index is 1.88. The highest BCUT2D eigenvalue weighted by Crippen LogP contribution is 2.35. The molecule has 94 valence electrons. The Bertz CT molecular complexity index is 545. The van der Waals surface area contributed by atoms with Gasteiger partial charge in [-0.25, -0.2) is 4.39 Å². The van der Waals surface area contributed by atoms with Gasteiger partial charge in [0.1, 0.15) is 5.82 Å². The van der Waals surface area contributed by atoms with Crippen molar-refractivity contribution in [3.05, 3.63) is 56.4 Å². The van der Waals surface area contributed by atoms with Crippen molar-refractivity contribution in [3.63, 3.8) is 0 Å². The Kier molecular flexibility index (Phi) is 3.26. The van der Waals surface area contributed by atoms with Crippen LogP contribution in [0.4, 0.5) is 4.39 Å². The van der Waals surface area contributed by atoms with E-state index in [0.717, 1.165) is 24.0 Å². The molecule has 1 aromatic heterocycles. The average Bonchev–Trinajstić information content (AvgIpc) is 2.71. The molecule has 18 heavy (non-hydrogen) atoms. The number of hydrogen-bond donors (Lipinski definition) is 1. The molecule has 0 radical (unpaired) electrons.